The first kappa shape index (κ1) is 22.1. The predicted molar refractivity (Wildman–Crippen MR) is 112 cm³/mol. The molecule has 3 rings (SSSR count). The molecule has 0 radical (unpaired) electrons. The molecule has 0 spiro atoms. The Bertz CT molecular complexity index is 872. The summed E-state index contributed by atoms with van der Waals surface area (Å²) in [6.45, 7) is 9.29. The summed E-state index contributed by atoms with van der Waals surface area (Å²) >= 11 is 0. The van der Waals surface area contributed by atoms with Crippen LogP contribution in [0, 0.1) is 0 Å². The van der Waals surface area contributed by atoms with Gasteiger partial charge in [0.05, 0.1) is 16.8 Å². The molecular weight excluding hydrogens is 359 g/mol. The van der Waals surface area contributed by atoms with E-state index in [1.807, 2.05) is 41.8 Å². The topological polar surface area (TPSA) is 89.8 Å². The van der Waals surface area contributed by atoms with E-state index in [1.165, 1.54) is 6.92 Å². The molecular formula is C20H29BN2O5. The third-order valence-electron chi connectivity index (χ3n) is 5.11. The van der Waals surface area contributed by atoms with Crippen molar-refractivity contribution in [3.05, 3.63) is 23.5 Å². The second-order valence-electron chi connectivity index (χ2n) is 7.79. The molecule has 7 nitrogen and oxygen atoms in total. The summed E-state index contributed by atoms with van der Waals surface area (Å²) < 4.78 is 17.8. The molecule has 1 aliphatic heterocycles. The summed E-state index contributed by atoms with van der Waals surface area (Å²) in [4.78, 5) is 23.3. The molecule has 1 aromatic carbocycles. The van der Waals surface area contributed by atoms with Gasteiger partial charge in [0, 0.05) is 36.6 Å². The van der Waals surface area contributed by atoms with E-state index in [0.29, 0.717) is 17.3 Å². The Labute approximate surface area is 166 Å². The number of ketones is 1. The van der Waals surface area contributed by atoms with Crippen LogP contribution in [0.1, 0.15) is 55.5 Å². The minimum atomic E-state index is -0.591. The second-order valence-corrected chi connectivity index (χ2v) is 7.79. The molecule has 1 saturated heterocycles. The number of Topliss-reactive ketones (excluding diaryl/α,β-unsaturated/α-hetero) is 1. The Morgan fingerprint density at radius 1 is 1.07 bits per heavy atom. The molecule has 2 aromatic rings. The highest BCUT2D eigenvalue weighted by atomic mass is 16.7. The monoisotopic (exact) mass is 388 g/mol. The lowest BCUT2D eigenvalue weighted by atomic mass is 9.77. The van der Waals surface area contributed by atoms with Crippen molar-refractivity contribution >= 4 is 41.3 Å². The van der Waals surface area contributed by atoms with Gasteiger partial charge in [-0.15, -0.1) is 0 Å². The standard InChI is InChI=1S/C18H22BNO5.C2H7N/c1-10(22)16-12(9-21)11-7-13(14(20-6)8-15(11)23-16)19-24-17(2,3)18(4,5)25-19;1-3-2/h7-9,20H,1-6H3;3H,1-2H3. The summed E-state index contributed by atoms with van der Waals surface area (Å²) in [5.41, 5.74) is 1.28. The van der Waals surface area contributed by atoms with Crippen LogP contribution in [-0.4, -0.2) is 51.5 Å². The van der Waals surface area contributed by atoms with Crippen LogP contribution in [0.15, 0.2) is 16.5 Å². The maximum Gasteiger partial charge on any atom is 0.496 e. The van der Waals surface area contributed by atoms with Gasteiger partial charge in [0.1, 0.15) is 5.58 Å². The highest BCUT2D eigenvalue weighted by Crippen LogP contribution is 2.37. The van der Waals surface area contributed by atoms with Gasteiger partial charge in [0.25, 0.3) is 0 Å². The Balaban J connectivity index is 0.000000878. The molecule has 2 N–H and O–H groups in total. The fourth-order valence-corrected chi connectivity index (χ4v) is 2.94. The van der Waals surface area contributed by atoms with Crippen molar-refractivity contribution in [3.8, 4) is 0 Å². The summed E-state index contributed by atoms with van der Waals surface area (Å²) in [5, 5.41) is 6.43. The number of aldehydes is 1. The van der Waals surface area contributed by atoms with E-state index in [0.717, 1.165) is 11.2 Å². The van der Waals surface area contributed by atoms with Gasteiger partial charge in [-0.05, 0) is 47.9 Å². The van der Waals surface area contributed by atoms with E-state index in [1.54, 1.807) is 19.2 Å². The molecule has 28 heavy (non-hydrogen) atoms. The molecule has 1 fully saturated rings. The molecule has 0 unspecified atom stereocenters. The molecule has 0 amide bonds. The van der Waals surface area contributed by atoms with Gasteiger partial charge in [-0.2, -0.15) is 0 Å². The SMILES string of the molecule is CNC.CNc1cc2oc(C(C)=O)c(C=O)c2cc1B1OC(C)(C)C(C)(C)O1. The predicted octanol–water partition coefficient (Wildman–Crippen LogP) is 2.62. The first-order valence-electron chi connectivity index (χ1n) is 9.21. The average Bonchev–Trinajstić information content (AvgIpc) is 3.07. The number of benzene rings is 1. The largest absolute Gasteiger partial charge is 0.496 e. The molecule has 152 valence electrons. The van der Waals surface area contributed by atoms with Crippen LogP contribution < -0.4 is 16.1 Å². The molecule has 1 aromatic heterocycles. The number of hydrogen-bond acceptors (Lipinski definition) is 7. The van der Waals surface area contributed by atoms with Crippen LogP contribution in [0.4, 0.5) is 5.69 Å². The van der Waals surface area contributed by atoms with Crippen molar-refractivity contribution in [2.24, 2.45) is 0 Å². The molecule has 0 bridgehead atoms. The molecule has 1 aliphatic rings. The van der Waals surface area contributed by atoms with E-state index in [-0.39, 0.29) is 17.1 Å². The van der Waals surface area contributed by atoms with Crippen molar-refractivity contribution in [1.82, 2.24) is 5.32 Å². The van der Waals surface area contributed by atoms with Crippen LogP contribution in [-0.2, 0) is 9.31 Å². The van der Waals surface area contributed by atoms with Crippen molar-refractivity contribution in [2.45, 2.75) is 45.8 Å². The van der Waals surface area contributed by atoms with Crippen LogP contribution >= 0.6 is 0 Å². The van der Waals surface area contributed by atoms with Gasteiger partial charge in [0.2, 0.25) is 0 Å². The first-order valence-corrected chi connectivity index (χ1v) is 9.21. The molecule has 0 saturated carbocycles. The minimum Gasteiger partial charge on any atom is -0.452 e. The number of rotatable bonds is 4. The van der Waals surface area contributed by atoms with Crippen LogP contribution in [0.2, 0.25) is 0 Å². The lowest BCUT2D eigenvalue weighted by molar-refractivity contribution is 0.00578. The summed E-state index contributed by atoms with van der Waals surface area (Å²) in [7, 11) is 4.94. The van der Waals surface area contributed by atoms with E-state index >= 15 is 0 Å². The Morgan fingerprint density at radius 3 is 2.04 bits per heavy atom. The van der Waals surface area contributed by atoms with Crippen molar-refractivity contribution in [1.29, 1.82) is 0 Å². The van der Waals surface area contributed by atoms with E-state index in [9.17, 15) is 9.59 Å². The third kappa shape index (κ3) is 3.85. The number of nitrogens with one attached hydrogen (secondary N) is 2. The zero-order valence-electron chi connectivity index (χ0n) is 17.9. The zero-order chi connectivity index (χ0) is 21.3. The highest BCUT2D eigenvalue weighted by Gasteiger charge is 2.52. The Kier molecular flexibility index (Phi) is 6.38. The summed E-state index contributed by atoms with van der Waals surface area (Å²) in [6.07, 6.45) is 0.648. The number of anilines is 1. The van der Waals surface area contributed by atoms with Gasteiger partial charge in [-0.3, -0.25) is 9.59 Å². The van der Waals surface area contributed by atoms with Crippen LogP contribution in [0.3, 0.4) is 0 Å². The van der Waals surface area contributed by atoms with Gasteiger partial charge in [0.15, 0.2) is 17.8 Å². The summed E-state index contributed by atoms with van der Waals surface area (Å²) in [6, 6.07) is 3.55. The number of carbonyl (C=O) groups excluding carboxylic acids is 2. The van der Waals surface area contributed by atoms with Gasteiger partial charge >= 0.3 is 7.12 Å². The number of fused-ring (bicyclic) bond motifs is 1. The van der Waals surface area contributed by atoms with Gasteiger partial charge < -0.3 is 24.4 Å². The maximum absolute atomic E-state index is 11.7. The van der Waals surface area contributed by atoms with E-state index in [4.69, 9.17) is 13.7 Å². The van der Waals surface area contributed by atoms with E-state index in [2.05, 4.69) is 10.6 Å². The third-order valence-corrected chi connectivity index (χ3v) is 5.11. The number of carbonyl (C=O) groups is 2. The number of hydrogen-bond donors (Lipinski definition) is 2. The maximum atomic E-state index is 11.7. The second kappa shape index (κ2) is 8.07. The number of furan rings is 1. The van der Waals surface area contributed by atoms with Gasteiger partial charge in [-0.25, -0.2) is 0 Å². The van der Waals surface area contributed by atoms with Gasteiger partial charge in [-0.1, -0.05) is 0 Å². The Hall–Kier alpha value is -2.16. The Morgan fingerprint density at radius 2 is 1.61 bits per heavy atom. The lowest BCUT2D eigenvalue weighted by Gasteiger charge is -2.32. The lowest BCUT2D eigenvalue weighted by Crippen LogP contribution is -2.41. The van der Waals surface area contributed by atoms with Crippen LogP contribution in [0.25, 0.3) is 11.0 Å². The van der Waals surface area contributed by atoms with E-state index < -0.39 is 18.3 Å². The smallest absolute Gasteiger partial charge is 0.452 e. The average molecular weight is 388 g/mol. The van der Waals surface area contributed by atoms with Crippen molar-refractivity contribution in [3.63, 3.8) is 0 Å². The summed E-state index contributed by atoms with van der Waals surface area (Å²) in [5.74, 6) is -0.223. The fourth-order valence-electron chi connectivity index (χ4n) is 2.94. The zero-order valence-corrected chi connectivity index (χ0v) is 17.9. The fraction of sp³-hybridized carbons (Fsp3) is 0.500. The molecule has 0 aliphatic carbocycles. The molecule has 0 atom stereocenters. The van der Waals surface area contributed by atoms with Crippen molar-refractivity contribution in [2.75, 3.05) is 26.5 Å². The molecule has 2 heterocycles. The van der Waals surface area contributed by atoms with Crippen molar-refractivity contribution < 1.29 is 23.3 Å². The highest BCUT2D eigenvalue weighted by molar-refractivity contribution is 6.64. The first-order chi connectivity index (χ1) is 13.0. The normalized spacial score (nSPS) is 17.2. The van der Waals surface area contributed by atoms with Crippen LogP contribution in [0.5, 0.6) is 0 Å². The quantitative estimate of drug-likeness (QED) is 0.473. The minimum absolute atomic E-state index is 0.0677. The molecule has 8 heteroatoms.